The van der Waals surface area contributed by atoms with Crippen molar-refractivity contribution in [2.24, 2.45) is 0 Å². The highest BCUT2D eigenvalue weighted by atomic mass is 32.1. The number of aliphatic carboxylic acids is 1. The number of nitrogens with one attached hydrogen (secondary N) is 1. The first-order chi connectivity index (χ1) is 7.02. The molecule has 15 heavy (non-hydrogen) atoms. The zero-order chi connectivity index (χ0) is 11.3. The molecule has 1 heterocycles. The van der Waals surface area contributed by atoms with E-state index in [0.717, 1.165) is 6.42 Å². The maximum Gasteiger partial charge on any atom is 0.336 e. The number of carboxylic acid groups (broad SMARTS) is 1. The average Bonchev–Trinajstić information content (AvgIpc) is 2.64. The molecule has 0 saturated carbocycles. The van der Waals surface area contributed by atoms with Crippen molar-refractivity contribution < 1.29 is 15.0 Å². The van der Waals surface area contributed by atoms with E-state index in [-0.39, 0.29) is 6.54 Å². The maximum atomic E-state index is 10.6. The van der Waals surface area contributed by atoms with Crippen molar-refractivity contribution in [1.82, 2.24) is 5.32 Å². The van der Waals surface area contributed by atoms with Crippen molar-refractivity contribution in [2.45, 2.75) is 18.9 Å². The van der Waals surface area contributed by atoms with Gasteiger partial charge in [0.15, 0.2) is 5.60 Å². The molecule has 3 N–H and O–H groups in total. The summed E-state index contributed by atoms with van der Waals surface area (Å²) in [5.41, 5.74) is -0.461. The van der Waals surface area contributed by atoms with Gasteiger partial charge in [-0.3, -0.25) is 0 Å². The van der Waals surface area contributed by atoms with Crippen LogP contribution < -0.4 is 5.32 Å². The summed E-state index contributed by atoms with van der Waals surface area (Å²) < 4.78 is 0. The van der Waals surface area contributed by atoms with Crippen molar-refractivity contribution in [1.29, 1.82) is 0 Å². The Hall–Kier alpha value is -0.910. The third-order valence-corrected chi connectivity index (χ3v) is 2.83. The lowest BCUT2D eigenvalue weighted by molar-refractivity contribution is -0.156. The fourth-order valence-electron chi connectivity index (χ4n) is 1.08. The average molecular weight is 229 g/mol. The lowest BCUT2D eigenvalue weighted by Crippen LogP contribution is -2.45. The van der Waals surface area contributed by atoms with Crippen LogP contribution in [-0.2, 0) is 11.2 Å². The van der Waals surface area contributed by atoms with Crippen LogP contribution in [-0.4, -0.2) is 34.9 Å². The highest BCUT2D eigenvalue weighted by Gasteiger charge is 2.28. The minimum absolute atomic E-state index is 0.0620. The monoisotopic (exact) mass is 229 g/mol. The van der Waals surface area contributed by atoms with E-state index >= 15 is 0 Å². The van der Waals surface area contributed by atoms with Crippen LogP contribution in [0.4, 0.5) is 0 Å². The number of hydrogen-bond acceptors (Lipinski definition) is 4. The van der Waals surface area contributed by atoms with Gasteiger partial charge in [-0.1, -0.05) is 0 Å². The summed E-state index contributed by atoms with van der Waals surface area (Å²) in [7, 11) is 0. The fraction of sp³-hybridized carbons (Fsp3) is 0.500. The molecule has 84 valence electrons. The lowest BCUT2D eigenvalue weighted by Gasteiger charge is -2.18. The number of rotatable bonds is 6. The molecule has 0 amide bonds. The van der Waals surface area contributed by atoms with Crippen LogP contribution in [0.3, 0.4) is 0 Å². The SMILES string of the molecule is CC(O)(CNCCc1ccsc1)C(=O)O. The summed E-state index contributed by atoms with van der Waals surface area (Å²) in [5.74, 6) is -1.20. The van der Waals surface area contributed by atoms with Crippen LogP contribution in [0.2, 0.25) is 0 Å². The Bertz CT molecular complexity index is 308. The largest absolute Gasteiger partial charge is 0.479 e. The number of carbonyl (C=O) groups is 1. The summed E-state index contributed by atoms with van der Waals surface area (Å²) >= 11 is 1.64. The van der Waals surface area contributed by atoms with E-state index in [1.807, 2.05) is 11.4 Å². The van der Waals surface area contributed by atoms with Crippen LogP contribution in [0, 0.1) is 0 Å². The van der Waals surface area contributed by atoms with Gasteiger partial charge >= 0.3 is 5.97 Å². The van der Waals surface area contributed by atoms with Crippen LogP contribution in [0.25, 0.3) is 0 Å². The summed E-state index contributed by atoms with van der Waals surface area (Å²) in [6, 6.07) is 2.03. The molecule has 1 rings (SSSR count). The Morgan fingerprint density at radius 3 is 2.93 bits per heavy atom. The van der Waals surface area contributed by atoms with Crippen LogP contribution in [0.1, 0.15) is 12.5 Å². The normalized spacial score (nSPS) is 14.8. The predicted octanol–water partition coefficient (Wildman–Crippen LogP) is 0.716. The minimum Gasteiger partial charge on any atom is -0.479 e. The van der Waals surface area contributed by atoms with Crippen molar-refractivity contribution in [3.8, 4) is 0 Å². The molecule has 0 fully saturated rings. The standard InChI is InChI=1S/C10H15NO3S/c1-10(14,9(12)13)7-11-4-2-8-3-5-15-6-8/h3,5-6,11,14H,2,4,7H2,1H3,(H,12,13). The highest BCUT2D eigenvalue weighted by molar-refractivity contribution is 7.07. The van der Waals surface area contributed by atoms with E-state index in [0.29, 0.717) is 6.54 Å². The third-order valence-electron chi connectivity index (χ3n) is 2.10. The lowest BCUT2D eigenvalue weighted by atomic mass is 10.1. The molecule has 5 heteroatoms. The van der Waals surface area contributed by atoms with E-state index in [2.05, 4.69) is 10.7 Å². The van der Waals surface area contributed by atoms with Gasteiger partial charge in [-0.15, -0.1) is 0 Å². The maximum absolute atomic E-state index is 10.6. The fourth-order valence-corrected chi connectivity index (χ4v) is 1.78. The third kappa shape index (κ3) is 3.99. The smallest absolute Gasteiger partial charge is 0.336 e. The van der Waals surface area contributed by atoms with Gasteiger partial charge in [-0.05, 0) is 42.3 Å². The summed E-state index contributed by atoms with van der Waals surface area (Å²) in [5, 5.41) is 25.0. The number of hydrogen-bond donors (Lipinski definition) is 3. The van der Waals surface area contributed by atoms with Gasteiger partial charge in [0, 0.05) is 6.54 Å². The number of aliphatic hydroxyl groups is 1. The van der Waals surface area contributed by atoms with Gasteiger partial charge in [-0.2, -0.15) is 11.3 Å². The van der Waals surface area contributed by atoms with Gasteiger partial charge in [0.2, 0.25) is 0 Å². The van der Waals surface area contributed by atoms with E-state index in [9.17, 15) is 9.90 Å². The van der Waals surface area contributed by atoms with Gasteiger partial charge < -0.3 is 15.5 Å². The van der Waals surface area contributed by atoms with Crippen molar-refractivity contribution in [3.63, 3.8) is 0 Å². The molecule has 0 aliphatic heterocycles. The molecule has 1 unspecified atom stereocenters. The molecule has 1 aromatic heterocycles. The van der Waals surface area contributed by atoms with Gasteiger partial charge in [-0.25, -0.2) is 4.79 Å². The van der Waals surface area contributed by atoms with Crippen molar-refractivity contribution >= 4 is 17.3 Å². The van der Waals surface area contributed by atoms with Crippen molar-refractivity contribution in [2.75, 3.05) is 13.1 Å². The Morgan fingerprint density at radius 1 is 1.67 bits per heavy atom. The number of carboxylic acids is 1. The molecule has 0 aliphatic rings. The second kappa shape index (κ2) is 5.25. The Morgan fingerprint density at radius 2 is 2.40 bits per heavy atom. The molecule has 0 spiro atoms. The molecule has 4 nitrogen and oxygen atoms in total. The summed E-state index contributed by atoms with van der Waals surface area (Å²) in [6.07, 6.45) is 0.846. The van der Waals surface area contributed by atoms with Crippen molar-refractivity contribution in [3.05, 3.63) is 22.4 Å². The topological polar surface area (TPSA) is 69.6 Å². The molecule has 0 aromatic carbocycles. The second-order valence-electron chi connectivity index (χ2n) is 3.64. The molecule has 1 atom stereocenters. The molecular formula is C10H15NO3S. The van der Waals surface area contributed by atoms with Gasteiger partial charge in [0.25, 0.3) is 0 Å². The molecule has 0 radical (unpaired) electrons. The summed E-state index contributed by atoms with van der Waals surface area (Å²) in [6.45, 7) is 2.01. The zero-order valence-corrected chi connectivity index (χ0v) is 9.38. The van der Waals surface area contributed by atoms with E-state index in [1.165, 1.54) is 12.5 Å². The Balaban J connectivity index is 2.19. The van der Waals surface area contributed by atoms with Gasteiger partial charge in [0.05, 0.1) is 0 Å². The van der Waals surface area contributed by atoms with Crippen LogP contribution >= 0.6 is 11.3 Å². The molecule has 0 bridgehead atoms. The Kier molecular flexibility index (Phi) is 4.26. The Labute approximate surface area is 92.6 Å². The quantitative estimate of drug-likeness (QED) is 0.629. The number of thiophene rings is 1. The van der Waals surface area contributed by atoms with Crippen LogP contribution in [0.15, 0.2) is 16.8 Å². The first-order valence-electron chi connectivity index (χ1n) is 4.70. The molecular weight excluding hydrogens is 214 g/mol. The van der Waals surface area contributed by atoms with Gasteiger partial charge in [0.1, 0.15) is 0 Å². The highest BCUT2D eigenvalue weighted by Crippen LogP contribution is 2.06. The first kappa shape index (κ1) is 12.2. The molecule has 0 aliphatic carbocycles. The molecule has 0 saturated heterocycles. The minimum atomic E-state index is -1.69. The predicted molar refractivity (Wildman–Crippen MR) is 59.2 cm³/mol. The molecule has 1 aromatic rings. The van der Waals surface area contributed by atoms with Crippen LogP contribution in [0.5, 0.6) is 0 Å². The van der Waals surface area contributed by atoms with E-state index in [4.69, 9.17) is 5.11 Å². The second-order valence-corrected chi connectivity index (χ2v) is 4.42. The first-order valence-corrected chi connectivity index (χ1v) is 5.64. The summed E-state index contributed by atoms with van der Waals surface area (Å²) in [4.78, 5) is 10.6. The van der Waals surface area contributed by atoms with E-state index in [1.54, 1.807) is 11.3 Å². The zero-order valence-electron chi connectivity index (χ0n) is 8.56. The van der Waals surface area contributed by atoms with E-state index < -0.39 is 11.6 Å².